The van der Waals surface area contributed by atoms with E-state index in [0.29, 0.717) is 52.9 Å². The largest absolute Gasteiger partial charge is 0.477 e. The van der Waals surface area contributed by atoms with Gasteiger partial charge < -0.3 is 9.47 Å². The van der Waals surface area contributed by atoms with E-state index in [1.165, 1.54) is 5.56 Å². The number of carbonyl (C=O) groups is 1. The lowest BCUT2D eigenvalue weighted by molar-refractivity contribution is 0.0877. The molecule has 0 saturated carbocycles. The topological polar surface area (TPSA) is 38.8 Å². The predicted molar refractivity (Wildman–Crippen MR) is 136 cm³/mol. The second-order valence-corrected chi connectivity index (χ2v) is 9.97. The maximum absolute atomic E-state index is 13.2. The molecule has 0 radical (unpaired) electrons. The van der Waals surface area contributed by atoms with Gasteiger partial charge in [-0.3, -0.25) is 9.69 Å². The molecule has 0 bridgehead atoms. The lowest BCUT2D eigenvalue weighted by Gasteiger charge is -2.30. The van der Waals surface area contributed by atoms with Crippen molar-refractivity contribution in [1.82, 2.24) is 4.90 Å². The summed E-state index contributed by atoms with van der Waals surface area (Å²) in [6.45, 7) is 7.94. The molecule has 5 rings (SSSR count). The van der Waals surface area contributed by atoms with Gasteiger partial charge in [-0.25, -0.2) is 0 Å². The third kappa shape index (κ3) is 4.34. The molecule has 2 aliphatic heterocycles. The van der Waals surface area contributed by atoms with E-state index in [9.17, 15) is 4.79 Å². The minimum Gasteiger partial charge on any atom is -0.477 e. The summed E-state index contributed by atoms with van der Waals surface area (Å²) in [6, 6.07) is 15.6. The van der Waals surface area contributed by atoms with Crippen LogP contribution in [0.1, 0.15) is 57.9 Å². The van der Waals surface area contributed by atoms with E-state index in [2.05, 4.69) is 30.9 Å². The Bertz CT molecular complexity index is 1310. The number of carbonyl (C=O) groups excluding carboxylic acids is 1. The highest BCUT2D eigenvalue weighted by Crippen LogP contribution is 2.43. The van der Waals surface area contributed by atoms with Gasteiger partial charge in [0.05, 0.1) is 5.56 Å². The monoisotopic (exact) mass is 493 g/mol. The molecule has 2 aliphatic rings. The highest BCUT2D eigenvalue weighted by Gasteiger charge is 2.33. The summed E-state index contributed by atoms with van der Waals surface area (Å²) >= 11 is 12.4. The molecule has 3 aromatic rings. The fourth-order valence-electron chi connectivity index (χ4n) is 4.42. The molecule has 0 aliphatic carbocycles. The number of allylic oxidation sites excluding steroid dienone is 1. The number of benzene rings is 3. The van der Waals surface area contributed by atoms with E-state index in [1.54, 1.807) is 12.1 Å². The first-order valence-electron chi connectivity index (χ1n) is 11.3. The van der Waals surface area contributed by atoms with Gasteiger partial charge in [0.1, 0.15) is 18.2 Å². The molecule has 174 valence electrons. The van der Waals surface area contributed by atoms with Crippen LogP contribution in [-0.2, 0) is 13.1 Å². The van der Waals surface area contributed by atoms with Crippen molar-refractivity contribution in [3.05, 3.63) is 97.7 Å². The van der Waals surface area contributed by atoms with Crippen LogP contribution in [0.4, 0.5) is 0 Å². The SMILES string of the molecule is Cc1c2c(cc3c1O/C(=C\c1ccc(C(C)C)cc1)C3=O)CN(Cc1ccc(Cl)cc1Cl)CO2. The van der Waals surface area contributed by atoms with E-state index in [0.717, 1.165) is 28.0 Å². The molecule has 0 N–H and O–H groups in total. The number of ether oxygens (including phenoxy) is 2. The summed E-state index contributed by atoms with van der Waals surface area (Å²) in [6.07, 6.45) is 1.81. The zero-order valence-electron chi connectivity index (χ0n) is 19.3. The number of nitrogens with zero attached hydrogens (tertiary/aromatic N) is 1. The summed E-state index contributed by atoms with van der Waals surface area (Å²) in [5, 5.41) is 1.24. The molecule has 0 saturated heterocycles. The van der Waals surface area contributed by atoms with Gasteiger partial charge in [0.25, 0.3) is 0 Å². The average Bonchev–Trinajstić information content (AvgIpc) is 3.11. The van der Waals surface area contributed by atoms with Crippen LogP contribution in [0.5, 0.6) is 11.5 Å². The van der Waals surface area contributed by atoms with Crippen molar-refractivity contribution in [3.8, 4) is 11.5 Å². The first-order chi connectivity index (χ1) is 16.3. The van der Waals surface area contributed by atoms with Gasteiger partial charge >= 0.3 is 0 Å². The molecule has 6 heteroatoms. The molecule has 0 atom stereocenters. The number of hydrogen-bond acceptors (Lipinski definition) is 4. The minimum atomic E-state index is -0.105. The van der Waals surface area contributed by atoms with E-state index in [4.69, 9.17) is 32.7 Å². The fourth-order valence-corrected chi connectivity index (χ4v) is 4.89. The van der Waals surface area contributed by atoms with E-state index < -0.39 is 0 Å². The molecule has 0 fully saturated rings. The van der Waals surface area contributed by atoms with Crippen LogP contribution < -0.4 is 9.47 Å². The Balaban J connectivity index is 1.39. The zero-order chi connectivity index (χ0) is 24.0. The minimum absolute atomic E-state index is 0.105. The van der Waals surface area contributed by atoms with Gasteiger partial charge in [0.2, 0.25) is 5.78 Å². The number of rotatable bonds is 4. The smallest absolute Gasteiger partial charge is 0.231 e. The van der Waals surface area contributed by atoms with Gasteiger partial charge in [-0.2, -0.15) is 0 Å². The third-order valence-corrected chi connectivity index (χ3v) is 6.90. The van der Waals surface area contributed by atoms with E-state index in [1.807, 2.05) is 37.3 Å². The molecule has 4 nitrogen and oxygen atoms in total. The van der Waals surface area contributed by atoms with E-state index >= 15 is 0 Å². The molecular weight excluding hydrogens is 469 g/mol. The van der Waals surface area contributed by atoms with E-state index in [-0.39, 0.29) is 5.78 Å². The molecular formula is C28H25Cl2NO3. The van der Waals surface area contributed by atoms with Crippen molar-refractivity contribution in [2.24, 2.45) is 0 Å². The van der Waals surface area contributed by atoms with Crippen LogP contribution in [0.2, 0.25) is 10.0 Å². The summed E-state index contributed by atoms with van der Waals surface area (Å²) < 4.78 is 12.1. The number of halogens is 2. The number of ketones is 1. The summed E-state index contributed by atoms with van der Waals surface area (Å²) in [7, 11) is 0. The Labute approximate surface area is 209 Å². The highest BCUT2D eigenvalue weighted by molar-refractivity contribution is 6.35. The molecule has 0 unspecified atom stereocenters. The van der Waals surface area contributed by atoms with Crippen molar-refractivity contribution >= 4 is 35.1 Å². The van der Waals surface area contributed by atoms with Crippen molar-refractivity contribution in [2.75, 3.05) is 6.73 Å². The normalized spacial score (nSPS) is 16.4. The zero-order valence-corrected chi connectivity index (χ0v) is 20.8. The predicted octanol–water partition coefficient (Wildman–Crippen LogP) is 7.39. The van der Waals surface area contributed by atoms with Crippen LogP contribution in [0.25, 0.3) is 6.08 Å². The van der Waals surface area contributed by atoms with Crippen LogP contribution in [-0.4, -0.2) is 17.4 Å². The Morgan fingerprint density at radius 2 is 1.82 bits per heavy atom. The standard InChI is InChI=1S/C28H25Cl2NO3/c1-16(2)19-6-4-18(5-7-19)10-25-26(32)23-11-21-14-31(13-20-8-9-22(29)12-24(20)30)15-33-27(21)17(3)28(23)34-25/h4-12,16H,13-15H2,1-3H3/b25-10-. The molecule has 0 spiro atoms. The Morgan fingerprint density at radius 3 is 2.53 bits per heavy atom. The Morgan fingerprint density at radius 1 is 1.06 bits per heavy atom. The number of hydrogen-bond donors (Lipinski definition) is 0. The second-order valence-electron chi connectivity index (χ2n) is 9.12. The summed E-state index contributed by atoms with van der Waals surface area (Å²) in [4.78, 5) is 15.3. The first-order valence-corrected chi connectivity index (χ1v) is 12.1. The first kappa shape index (κ1) is 23.0. The van der Waals surface area contributed by atoms with Gasteiger partial charge in [0.15, 0.2) is 5.76 Å². The third-order valence-electron chi connectivity index (χ3n) is 6.31. The fraction of sp³-hybridized carbons (Fsp3) is 0.250. The summed E-state index contributed by atoms with van der Waals surface area (Å²) in [5.74, 6) is 2.06. The maximum Gasteiger partial charge on any atom is 0.231 e. The Kier molecular flexibility index (Phi) is 6.15. The van der Waals surface area contributed by atoms with Gasteiger partial charge in [-0.05, 0) is 53.8 Å². The van der Waals surface area contributed by atoms with Gasteiger partial charge in [-0.1, -0.05) is 67.4 Å². The van der Waals surface area contributed by atoms with Gasteiger partial charge in [-0.15, -0.1) is 0 Å². The van der Waals surface area contributed by atoms with Crippen molar-refractivity contribution in [3.63, 3.8) is 0 Å². The van der Waals surface area contributed by atoms with Crippen LogP contribution in [0.15, 0.2) is 54.3 Å². The lowest BCUT2D eigenvalue weighted by atomic mass is 9.99. The molecule has 0 amide bonds. The lowest BCUT2D eigenvalue weighted by Crippen LogP contribution is -2.32. The molecule has 0 aromatic heterocycles. The highest BCUT2D eigenvalue weighted by atomic mass is 35.5. The Hall–Kier alpha value is -2.79. The molecule has 34 heavy (non-hydrogen) atoms. The average molecular weight is 494 g/mol. The second kappa shape index (κ2) is 9.10. The quantitative estimate of drug-likeness (QED) is 0.355. The maximum atomic E-state index is 13.2. The van der Waals surface area contributed by atoms with Crippen molar-refractivity contribution in [2.45, 2.75) is 39.8 Å². The molecule has 2 heterocycles. The number of fused-ring (bicyclic) bond motifs is 2. The number of Topliss-reactive ketones (excluding diaryl/α,β-unsaturated/α-hetero) is 1. The van der Waals surface area contributed by atoms with Crippen LogP contribution in [0, 0.1) is 6.92 Å². The molecule has 3 aromatic carbocycles. The van der Waals surface area contributed by atoms with Crippen molar-refractivity contribution < 1.29 is 14.3 Å². The van der Waals surface area contributed by atoms with Crippen molar-refractivity contribution in [1.29, 1.82) is 0 Å². The van der Waals surface area contributed by atoms with Crippen LogP contribution >= 0.6 is 23.2 Å². The van der Waals surface area contributed by atoms with Gasteiger partial charge in [0, 0.05) is 34.3 Å². The summed E-state index contributed by atoms with van der Waals surface area (Å²) in [5.41, 5.74) is 5.57. The van der Waals surface area contributed by atoms with Crippen LogP contribution in [0.3, 0.4) is 0 Å².